The Morgan fingerprint density at radius 1 is 1.24 bits per heavy atom. The van der Waals surface area contributed by atoms with Gasteiger partial charge in [0.05, 0.1) is 10.1 Å². The second-order valence-corrected chi connectivity index (χ2v) is 7.30. The maximum absolute atomic E-state index is 12.5. The van der Waals surface area contributed by atoms with Crippen LogP contribution in [0.1, 0.15) is 19.8 Å². The summed E-state index contributed by atoms with van der Waals surface area (Å²) in [5.41, 5.74) is 0. The van der Waals surface area contributed by atoms with Gasteiger partial charge in [0.2, 0.25) is 5.91 Å². The number of hydrogen-bond donors (Lipinski definition) is 0. The molecule has 1 aromatic carbocycles. The van der Waals surface area contributed by atoms with Crippen LogP contribution in [0.15, 0.2) is 35.2 Å². The van der Waals surface area contributed by atoms with Crippen molar-refractivity contribution in [2.75, 3.05) is 26.3 Å². The van der Waals surface area contributed by atoms with Crippen LogP contribution in [-0.2, 0) is 19.4 Å². The van der Waals surface area contributed by atoms with E-state index >= 15 is 0 Å². The number of hydrogen-bond acceptors (Lipinski definition) is 4. The lowest BCUT2D eigenvalue weighted by molar-refractivity contribution is -0.136. The summed E-state index contributed by atoms with van der Waals surface area (Å²) in [4.78, 5) is 13.9. The van der Waals surface area contributed by atoms with Crippen LogP contribution in [0.4, 0.5) is 0 Å². The van der Waals surface area contributed by atoms with Gasteiger partial charge < -0.3 is 9.64 Å². The third-order valence-electron chi connectivity index (χ3n) is 3.73. The molecular formula is C15H21NO4S. The Balaban J connectivity index is 1.96. The van der Waals surface area contributed by atoms with E-state index in [4.69, 9.17) is 4.74 Å². The molecule has 1 saturated heterocycles. The van der Waals surface area contributed by atoms with Gasteiger partial charge in [0.1, 0.15) is 6.61 Å². The van der Waals surface area contributed by atoms with Crippen molar-refractivity contribution in [2.24, 2.45) is 0 Å². The van der Waals surface area contributed by atoms with Crippen LogP contribution in [0.25, 0.3) is 0 Å². The summed E-state index contributed by atoms with van der Waals surface area (Å²) < 4.78 is 30.1. The smallest absolute Gasteiger partial charge is 0.248 e. The van der Waals surface area contributed by atoms with Crippen LogP contribution in [0.3, 0.4) is 0 Å². The van der Waals surface area contributed by atoms with Crippen LogP contribution >= 0.6 is 0 Å². The van der Waals surface area contributed by atoms with E-state index in [9.17, 15) is 13.2 Å². The molecule has 5 nitrogen and oxygen atoms in total. The largest absolute Gasteiger partial charge is 0.372 e. The SMILES string of the molecule is CCOCC(=O)N1CCC(S(=O)(=O)c2ccccc2)CC1. The Labute approximate surface area is 125 Å². The number of benzene rings is 1. The molecule has 0 atom stereocenters. The summed E-state index contributed by atoms with van der Waals surface area (Å²) in [6.07, 6.45) is 0.962. The van der Waals surface area contributed by atoms with Gasteiger partial charge in [-0.15, -0.1) is 0 Å². The second kappa shape index (κ2) is 7.04. The normalized spacial score (nSPS) is 16.9. The number of carbonyl (C=O) groups is 1. The van der Waals surface area contributed by atoms with Crippen molar-refractivity contribution in [2.45, 2.75) is 29.9 Å². The quantitative estimate of drug-likeness (QED) is 0.826. The minimum Gasteiger partial charge on any atom is -0.372 e. The van der Waals surface area contributed by atoms with Crippen LogP contribution in [-0.4, -0.2) is 50.8 Å². The minimum absolute atomic E-state index is 0.0626. The fourth-order valence-corrected chi connectivity index (χ4v) is 4.25. The van der Waals surface area contributed by atoms with Gasteiger partial charge in [0.25, 0.3) is 0 Å². The Kier molecular flexibility index (Phi) is 5.36. The topological polar surface area (TPSA) is 63.7 Å². The van der Waals surface area contributed by atoms with Gasteiger partial charge in [-0.25, -0.2) is 8.42 Å². The molecule has 0 aromatic heterocycles. The summed E-state index contributed by atoms with van der Waals surface area (Å²) >= 11 is 0. The molecule has 21 heavy (non-hydrogen) atoms. The van der Waals surface area contributed by atoms with Crippen molar-refractivity contribution in [3.05, 3.63) is 30.3 Å². The van der Waals surface area contributed by atoms with Crippen LogP contribution in [0, 0.1) is 0 Å². The van der Waals surface area contributed by atoms with E-state index in [1.807, 2.05) is 6.92 Å². The zero-order valence-electron chi connectivity index (χ0n) is 12.2. The first-order chi connectivity index (χ1) is 10.1. The van der Waals surface area contributed by atoms with Crippen molar-refractivity contribution < 1.29 is 17.9 Å². The van der Waals surface area contributed by atoms with Gasteiger partial charge >= 0.3 is 0 Å². The van der Waals surface area contributed by atoms with E-state index in [1.54, 1.807) is 35.2 Å². The van der Waals surface area contributed by atoms with E-state index in [0.717, 1.165) is 0 Å². The third-order valence-corrected chi connectivity index (χ3v) is 6.01. The lowest BCUT2D eigenvalue weighted by Crippen LogP contribution is -2.43. The maximum Gasteiger partial charge on any atom is 0.248 e. The number of ether oxygens (including phenoxy) is 1. The molecule has 1 fully saturated rings. The number of carbonyl (C=O) groups excluding carboxylic acids is 1. The number of amides is 1. The Hall–Kier alpha value is -1.40. The molecule has 0 unspecified atom stereocenters. The van der Waals surface area contributed by atoms with Crippen LogP contribution in [0.5, 0.6) is 0 Å². The van der Waals surface area contributed by atoms with Crippen molar-refractivity contribution in [1.29, 1.82) is 0 Å². The highest BCUT2D eigenvalue weighted by molar-refractivity contribution is 7.92. The first-order valence-electron chi connectivity index (χ1n) is 7.20. The number of piperidine rings is 1. The van der Waals surface area contributed by atoms with Gasteiger partial charge in [-0.3, -0.25) is 4.79 Å². The van der Waals surface area contributed by atoms with Gasteiger partial charge in [0, 0.05) is 19.7 Å². The van der Waals surface area contributed by atoms with Crippen molar-refractivity contribution in [3.63, 3.8) is 0 Å². The summed E-state index contributed by atoms with van der Waals surface area (Å²) in [7, 11) is -3.30. The van der Waals surface area contributed by atoms with Crippen molar-refractivity contribution in [1.82, 2.24) is 4.90 Å². The molecule has 1 heterocycles. The van der Waals surface area contributed by atoms with Crippen LogP contribution in [0.2, 0.25) is 0 Å². The highest BCUT2D eigenvalue weighted by Crippen LogP contribution is 2.24. The number of nitrogens with zero attached hydrogens (tertiary/aromatic N) is 1. The van der Waals surface area contributed by atoms with E-state index in [0.29, 0.717) is 37.4 Å². The molecule has 1 aromatic rings. The van der Waals surface area contributed by atoms with E-state index < -0.39 is 15.1 Å². The maximum atomic E-state index is 12.5. The summed E-state index contributed by atoms with van der Waals surface area (Å²) in [6, 6.07) is 8.51. The van der Waals surface area contributed by atoms with E-state index in [1.165, 1.54) is 0 Å². The molecule has 0 N–H and O–H groups in total. The average molecular weight is 311 g/mol. The van der Waals surface area contributed by atoms with Gasteiger partial charge in [-0.2, -0.15) is 0 Å². The first kappa shape index (κ1) is 16.0. The molecule has 0 radical (unpaired) electrons. The van der Waals surface area contributed by atoms with Crippen molar-refractivity contribution in [3.8, 4) is 0 Å². The molecule has 1 aliphatic rings. The predicted octanol–water partition coefficient (Wildman–Crippen LogP) is 1.49. The molecule has 1 aliphatic heterocycles. The molecule has 0 bridgehead atoms. The molecule has 116 valence electrons. The monoisotopic (exact) mass is 311 g/mol. The molecule has 0 spiro atoms. The molecule has 1 amide bonds. The first-order valence-corrected chi connectivity index (χ1v) is 8.74. The van der Waals surface area contributed by atoms with Gasteiger partial charge in [-0.05, 0) is 31.9 Å². The average Bonchev–Trinajstić information content (AvgIpc) is 2.53. The fourth-order valence-electron chi connectivity index (χ4n) is 2.50. The van der Waals surface area contributed by atoms with Gasteiger partial charge in [0.15, 0.2) is 9.84 Å². The van der Waals surface area contributed by atoms with E-state index in [2.05, 4.69) is 0 Å². The van der Waals surface area contributed by atoms with Crippen LogP contribution < -0.4 is 0 Å². The van der Waals surface area contributed by atoms with Crippen molar-refractivity contribution >= 4 is 15.7 Å². The standard InChI is InChI=1S/C15H21NO4S/c1-2-20-12-15(17)16-10-8-14(9-11-16)21(18,19)13-6-4-3-5-7-13/h3-7,14H,2,8-12H2,1H3. The molecule has 6 heteroatoms. The zero-order valence-corrected chi connectivity index (χ0v) is 13.0. The zero-order chi connectivity index (χ0) is 15.3. The highest BCUT2D eigenvalue weighted by atomic mass is 32.2. The molecule has 0 saturated carbocycles. The third kappa shape index (κ3) is 3.83. The fraction of sp³-hybridized carbons (Fsp3) is 0.533. The highest BCUT2D eigenvalue weighted by Gasteiger charge is 2.32. The Morgan fingerprint density at radius 2 is 1.86 bits per heavy atom. The van der Waals surface area contributed by atoms with Gasteiger partial charge in [-0.1, -0.05) is 18.2 Å². The number of sulfone groups is 1. The summed E-state index contributed by atoms with van der Waals surface area (Å²) in [5.74, 6) is -0.0626. The molecule has 2 rings (SSSR count). The number of likely N-dealkylation sites (tertiary alicyclic amines) is 1. The molecular weight excluding hydrogens is 290 g/mol. The second-order valence-electron chi connectivity index (χ2n) is 5.08. The Morgan fingerprint density at radius 3 is 2.43 bits per heavy atom. The number of rotatable bonds is 5. The summed E-state index contributed by atoms with van der Waals surface area (Å²) in [6.45, 7) is 3.37. The lowest BCUT2D eigenvalue weighted by Gasteiger charge is -2.31. The minimum atomic E-state index is -3.30. The Bertz CT molecular complexity index is 563. The lowest BCUT2D eigenvalue weighted by atomic mass is 10.1. The summed E-state index contributed by atoms with van der Waals surface area (Å²) in [5, 5.41) is -0.406. The van der Waals surface area contributed by atoms with E-state index in [-0.39, 0.29) is 12.5 Å². The predicted molar refractivity (Wildman–Crippen MR) is 79.7 cm³/mol. The molecule has 0 aliphatic carbocycles.